The summed E-state index contributed by atoms with van der Waals surface area (Å²) in [4.78, 5) is 15.6. The van der Waals surface area contributed by atoms with Gasteiger partial charge in [-0.05, 0) is 87.5 Å². The fraction of sp³-hybridized carbons (Fsp3) is 0.312. The van der Waals surface area contributed by atoms with Crippen molar-refractivity contribution in [1.82, 2.24) is 4.90 Å². The van der Waals surface area contributed by atoms with Crippen molar-refractivity contribution in [3.05, 3.63) is 48.5 Å². The van der Waals surface area contributed by atoms with Crippen molar-refractivity contribution in [3.63, 3.8) is 0 Å². The number of thiophene rings is 1. The number of benzene rings is 1. The Morgan fingerprint density at radius 3 is 2.45 bits per heavy atom. The summed E-state index contributed by atoms with van der Waals surface area (Å²) in [6.45, 7) is 5.25. The van der Waals surface area contributed by atoms with E-state index < -0.39 is 0 Å². The third-order valence-electron chi connectivity index (χ3n) is 3.25. The second-order valence-corrected chi connectivity index (χ2v) is 8.06. The number of hydrogen-bond acceptors (Lipinski definition) is 3. The van der Waals surface area contributed by atoms with Gasteiger partial charge in [0.1, 0.15) is 0 Å². The maximum absolute atomic E-state index is 12.2. The van der Waals surface area contributed by atoms with Crippen molar-refractivity contribution >= 4 is 54.8 Å². The highest BCUT2D eigenvalue weighted by atomic mass is 79.9. The number of nitrogens with one attached hydrogen (secondary N) is 1. The van der Waals surface area contributed by atoms with E-state index in [2.05, 4.69) is 55.5 Å². The summed E-state index contributed by atoms with van der Waals surface area (Å²) in [5.41, 5.74) is 3.18. The van der Waals surface area contributed by atoms with Crippen molar-refractivity contribution in [2.24, 2.45) is 0 Å². The van der Waals surface area contributed by atoms with Crippen LogP contribution in [-0.4, -0.2) is 24.4 Å². The molecule has 0 aliphatic rings. The Balaban J connectivity index is 1.97. The van der Waals surface area contributed by atoms with Gasteiger partial charge in [-0.1, -0.05) is 0 Å². The lowest BCUT2D eigenvalue weighted by molar-refractivity contribution is -0.117. The average molecular weight is 446 g/mol. The van der Waals surface area contributed by atoms with Crippen LogP contribution < -0.4 is 5.32 Å². The van der Waals surface area contributed by atoms with Crippen molar-refractivity contribution in [2.75, 3.05) is 18.9 Å². The van der Waals surface area contributed by atoms with Gasteiger partial charge in [-0.25, -0.2) is 0 Å². The third kappa shape index (κ3) is 4.65. The van der Waals surface area contributed by atoms with Gasteiger partial charge >= 0.3 is 0 Å². The molecule has 0 atom stereocenters. The number of carbonyl (C=O) groups is 1. The molecule has 0 aliphatic heterocycles. The minimum atomic E-state index is -0.0260. The van der Waals surface area contributed by atoms with Crippen molar-refractivity contribution in [1.29, 1.82) is 0 Å². The number of anilines is 1. The molecule has 0 fully saturated rings. The second kappa shape index (κ2) is 7.73. The lowest BCUT2D eigenvalue weighted by atomic mass is 10.2. The third-order valence-corrected chi connectivity index (χ3v) is 5.50. The molecular formula is C16H18Br2N2OS. The summed E-state index contributed by atoms with van der Waals surface area (Å²) < 4.78 is 1.76. The van der Waals surface area contributed by atoms with Crippen LogP contribution in [-0.2, 0) is 11.3 Å². The first-order chi connectivity index (χ1) is 10.4. The molecule has 118 valence electrons. The van der Waals surface area contributed by atoms with Gasteiger partial charge in [0, 0.05) is 20.4 Å². The molecule has 1 amide bonds. The van der Waals surface area contributed by atoms with Crippen LogP contribution in [0.25, 0.3) is 0 Å². The Morgan fingerprint density at radius 1 is 1.27 bits per heavy atom. The molecule has 22 heavy (non-hydrogen) atoms. The molecular weight excluding hydrogens is 428 g/mol. The maximum Gasteiger partial charge on any atom is 0.238 e. The molecule has 2 rings (SSSR count). The number of hydrogen-bond donors (Lipinski definition) is 1. The summed E-state index contributed by atoms with van der Waals surface area (Å²) in [5, 5.41) is 5.04. The first-order valence-electron chi connectivity index (χ1n) is 6.84. The number of likely N-dealkylation sites (N-methyl/N-ethyl adjacent to an activating group) is 1. The SMILES string of the molecule is Cc1cc(Br)c(NC(=O)CN(C)Cc2sccc2C)c(Br)c1. The number of rotatable bonds is 5. The highest BCUT2D eigenvalue weighted by Crippen LogP contribution is 2.32. The molecule has 0 spiro atoms. The molecule has 1 heterocycles. The van der Waals surface area contributed by atoms with Crippen LogP contribution in [0.1, 0.15) is 16.0 Å². The molecule has 6 heteroatoms. The van der Waals surface area contributed by atoms with E-state index in [9.17, 15) is 4.79 Å². The summed E-state index contributed by atoms with van der Waals surface area (Å²) in [5.74, 6) is -0.0260. The largest absolute Gasteiger partial charge is 0.323 e. The molecule has 0 saturated carbocycles. The molecule has 0 aliphatic carbocycles. The summed E-state index contributed by atoms with van der Waals surface area (Å²) in [6.07, 6.45) is 0. The Labute approximate surface area is 152 Å². The van der Waals surface area contributed by atoms with Crippen LogP contribution in [0.5, 0.6) is 0 Å². The molecule has 0 bridgehead atoms. The highest BCUT2D eigenvalue weighted by molar-refractivity contribution is 9.11. The topological polar surface area (TPSA) is 32.3 Å². The predicted molar refractivity (Wildman–Crippen MR) is 101 cm³/mol. The molecule has 0 saturated heterocycles. The summed E-state index contributed by atoms with van der Waals surface area (Å²) >= 11 is 8.72. The van der Waals surface area contributed by atoms with E-state index in [-0.39, 0.29) is 5.91 Å². The van der Waals surface area contributed by atoms with Gasteiger partial charge < -0.3 is 5.32 Å². The van der Waals surface area contributed by atoms with E-state index in [1.807, 2.05) is 31.0 Å². The van der Waals surface area contributed by atoms with E-state index in [1.165, 1.54) is 10.4 Å². The minimum Gasteiger partial charge on any atom is -0.323 e. The van der Waals surface area contributed by atoms with E-state index in [1.54, 1.807) is 11.3 Å². The van der Waals surface area contributed by atoms with Gasteiger partial charge in [0.15, 0.2) is 0 Å². The number of nitrogens with zero attached hydrogens (tertiary/aromatic N) is 1. The Kier molecular flexibility index (Phi) is 6.20. The van der Waals surface area contributed by atoms with E-state index in [0.717, 1.165) is 26.7 Å². The standard InChI is InChI=1S/C16H18Br2N2OS/c1-10-6-12(17)16(13(18)7-10)19-15(21)9-20(3)8-14-11(2)4-5-22-14/h4-7H,8-9H2,1-3H3,(H,19,21). The quantitative estimate of drug-likeness (QED) is 0.705. The zero-order valence-corrected chi connectivity index (χ0v) is 16.7. The van der Waals surface area contributed by atoms with Crippen molar-refractivity contribution in [3.8, 4) is 0 Å². The van der Waals surface area contributed by atoms with Crippen molar-refractivity contribution < 1.29 is 4.79 Å². The molecule has 1 aromatic carbocycles. The Bertz CT molecular complexity index is 662. The predicted octanol–water partition coefficient (Wildman–Crippen LogP) is 4.96. The van der Waals surface area contributed by atoms with E-state index in [0.29, 0.717) is 6.54 Å². The zero-order chi connectivity index (χ0) is 16.3. The first kappa shape index (κ1) is 17.7. The van der Waals surface area contributed by atoms with Crippen molar-refractivity contribution in [2.45, 2.75) is 20.4 Å². The van der Waals surface area contributed by atoms with Gasteiger partial charge in [0.25, 0.3) is 0 Å². The van der Waals surface area contributed by atoms with Crippen LogP contribution >= 0.6 is 43.2 Å². The Hall–Kier alpha value is -0.690. The van der Waals surface area contributed by atoms with Gasteiger partial charge in [-0.2, -0.15) is 0 Å². The Morgan fingerprint density at radius 2 is 1.91 bits per heavy atom. The van der Waals surface area contributed by atoms with E-state index in [4.69, 9.17) is 0 Å². The monoisotopic (exact) mass is 444 g/mol. The molecule has 3 nitrogen and oxygen atoms in total. The molecule has 1 N–H and O–H groups in total. The fourth-order valence-electron chi connectivity index (χ4n) is 2.11. The number of carbonyl (C=O) groups excluding carboxylic acids is 1. The lowest BCUT2D eigenvalue weighted by Crippen LogP contribution is -2.30. The summed E-state index contributed by atoms with van der Waals surface area (Å²) in [7, 11) is 1.96. The van der Waals surface area contributed by atoms with Crippen LogP contribution in [0.15, 0.2) is 32.5 Å². The normalized spacial score (nSPS) is 11.0. The van der Waals surface area contributed by atoms with Crippen LogP contribution in [0, 0.1) is 13.8 Å². The van der Waals surface area contributed by atoms with Crippen LogP contribution in [0.4, 0.5) is 5.69 Å². The van der Waals surface area contributed by atoms with Crippen LogP contribution in [0.2, 0.25) is 0 Å². The highest BCUT2D eigenvalue weighted by Gasteiger charge is 2.13. The minimum absolute atomic E-state index is 0.0260. The summed E-state index contributed by atoms with van der Waals surface area (Å²) in [6, 6.07) is 6.08. The average Bonchev–Trinajstić information content (AvgIpc) is 2.79. The molecule has 0 radical (unpaired) electrons. The zero-order valence-electron chi connectivity index (χ0n) is 12.7. The molecule has 1 aromatic heterocycles. The smallest absolute Gasteiger partial charge is 0.238 e. The van der Waals surface area contributed by atoms with Gasteiger partial charge in [0.2, 0.25) is 5.91 Å². The fourth-order valence-corrected chi connectivity index (χ4v) is 4.71. The van der Waals surface area contributed by atoms with Crippen LogP contribution in [0.3, 0.4) is 0 Å². The number of aryl methyl sites for hydroxylation is 2. The lowest BCUT2D eigenvalue weighted by Gasteiger charge is -2.17. The first-order valence-corrected chi connectivity index (χ1v) is 9.30. The van der Waals surface area contributed by atoms with Gasteiger partial charge in [-0.15, -0.1) is 11.3 Å². The van der Waals surface area contributed by atoms with Gasteiger partial charge in [0.05, 0.1) is 12.2 Å². The maximum atomic E-state index is 12.2. The number of halogens is 2. The molecule has 0 unspecified atom stereocenters. The van der Waals surface area contributed by atoms with E-state index >= 15 is 0 Å². The van der Waals surface area contributed by atoms with Gasteiger partial charge in [-0.3, -0.25) is 9.69 Å². The second-order valence-electron chi connectivity index (χ2n) is 5.35. The molecule has 2 aromatic rings. The number of amides is 1.